The van der Waals surface area contributed by atoms with E-state index in [1.165, 1.54) is 0 Å². The fourth-order valence-corrected chi connectivity index (χ4v) is 2.40. The fraction of sp³-hybridized carbons (Fsp3) is 0.231. The van der Waals surface area contributed by atoms with Crippen molar-refractivity contribution in [1.82, 2.24) is 18.9 Å². The summed E-state index contributed by atoms with van der Waals surface area (Å²) in [6.45, 7) is 0. The topological polar surface area (TPSA) is 70.8 Å². The summed E-state index contributed by atoms with van der Waals surface area (Å²) in [6.07, 6.45) is 0. The number of rotatable bonds is 1. The van der Waals surface area contributed by atoms with Gasteiger partial charge in [-0.2, -0.15) is 5.10 Å². The Morgan fingerprint density at radius 1 is 1.16 bits per heavy atom. The van der Waals surface area contributed by atoms with Crippen LogP contribution < -0.4 is 11.4 Å². The van der Waals surface area contributed by atoms with Gasteiger partial charge in [-0.3, -0.25) is 13.8 Å². The summed E-state index contributed by atoms with van der Waals surface area (Å²) >= 11 is 0. The van der Waals surface area contributed by atoms with Crippen molar-refractivity contribution in [2.24, 2.45) is 21.1 Å². The average Bonchev–Trinajstić information content (AvgIpc) is 2.84. The number of nitrogens with zero attached hydrogens (tertiary/aromatic N) is 4. The highest BCUT2D eigenvalue weighted by Gasteiger charge is 2.14. The van der Waals surface area contributed by atoms with E-state index in [0.717, 1.165) is 22.3 Å². The van der Waals surface area contributed by atoms with Crippen LogP contribution in [0.1, 0.15) is 0 Å². The van der Waals surface area contributed by atoms with E-state index in [1.54, 1.807) is 35.0 Å². The van der Waals surface area contributed by atoms with Crippen molar-refractivity contribution in [3.8, 4) is 11.3 Å². The molecule has 0 saturated heterocycles. The van der Waals surface area contributed by atoms with E-state index in [2.05, 4.69) is 5.10 Å². The lowest BCUT2D eigenvalue weighted by Gasteiger charge is -2.01. The molecule has 3 aromatic rings. The predicted octanol–water partition coefficient (Wildman–Crippen LogP) is 0.860. The molecule has 19 heavy (non-hydrogen) atoms. The summed E-state index contributed by atoms with van der Waals surface area (Å²) in [6, 6.07) is 7.60. The molecule has 3 rings (SSSR count). The van der Waals surface area contributed by atoms with Crippen molar-refractivity contribution in [3.05, 3.63) is 34.7 Å². The van der Waals surface area contributed by atoms with Gasteiger partial charge in [-0.05, 0) is 6.07 Å². The highest BCUT2D eigenvalue weighted by molar-refractivity contribution is 5.91. The molecule has 6 nitrogen and oxygen atoms in total. The number of benzene rings is 1. The van der Waals surface area contributed by atoms with Crippen LogP contribution in [0.4, 0.5) is 5.82 Å². The van der Waals surface area contributed by atoms with E-state index < -0.39 is 0 Å². The van der Waals surface area contributed by atoms with E-state index in [1.807, 2.05) is 24.3 Å². The third-order valence-electron chi connectivity index (χ3n) is 3.48. The van der Waals surface area contributed by atoms with Crippen LogP contribution in [0.15, 0.2) is 29.1 Å². The van der Waals surface area contributed by atoms with Gasteiger partial charge in [0.15, 0.2) is 0 Å². The largest absolute Gasteiger partial charge is 0.384 e. The Labute approximate surface area is 109 Å². The normalized spacial score (nSPS) is 11.3. The summed E-state index contributed by atoms with van der Waals surface area (Å²) in [5, 5.41) is 4.38. The molecular formula is C13H15N5O. The molecule has 98 valence electrons. The first-order valence-corrected chi connectivity index (χ1v) is 5.95. The smallest absolute Gasteiger partial charge is 0.328 e. The van der Waals surface area contributed by atoms with Crippen LogP contribution in [-0.4, -0.2) is 18.9 Å². The zero-order valence-electron chi connectivity index (χ0n) is 11.1. The van der Waals surface area contributed by atoms with Gasteiger partial charge in [-0.15, -0.1) is 0 Å². The van der Waals surface area contributed by atoms with Crippen LogP contribution in [0, 0.1) is 0 Å². The number of hydrogen-bond donors (Lipinski definition) is 1. The Balaban J connectivity index is 2.42. The third-order valence-corrected chi connectivity index (χ3v) is 3.48. The molecule has 1 aromatic carbocycles. The van der Waals surface area contributed by atoms with Crippen molar-refractivity contribution in [2.75, 3.05) is 5.73 Å². The maximum absolute atomic E-state index is 12.0. The number of aromatic nitrogens is 4. The minimum absolute atomic E-state index is 0.0497. The number of anilines is 1. The van der Waals surface area contributed by atoms with Gasteiger partial charge in [0.25, 0.3) is 0 Å². The first-order valence-electron chi connectivity index (χ1n) is 5.95. The lowest BCUT2D eigenvalue weighted by molar-refractivity contribution is 0.781. The van der Waals surface area contributed by atoms with Crippen LogP contribution >= 0.6 is 0 Å². The molecule has 6 heteroatoms. The lowest BCUT2D eigenvalue weighted by Crippen LogP contribution is -2.19. The van der Waals surface area contributed by atoms with Gasteiger partial charge in [0, 0.05) is 32.8 Å². The second kappa shape index (κ2) is 3.74. The van der Waals surface area contributed by atoms with Crippen molar-refractivity contribution in [1.29, 1.82) is 0 Å². The Bertz CT molecular complexity index is 817. The minimum atomic E-state index is -0.0497. The van der Waals surface area contributed by atoms with Crippen LogP contribution in [-0.2, 0) is 21.1 Å². The maximum atomic E-state index is 12.0. The molecule has 0 saturated carbocycles. The second-order valence-electron chi connectivity index (χ2n) is 4.65. The zero-order chi connectivity index (χ0) is 13.7. The van der Waals surface area contributed by atoms with Crippen molar-refractivity contribution < 1.29 is 0 Å². The lowest BCUT2D eigenvalue weighted by atomic mass is 10.1. The van der Waals surface area contributed by atoms with Gasteiger partial charge < -0.3 is 5.73 Å². The highest BCUT2D eigenvalue weighted by atomic mass is 16.1. The molecule has 0 bridgehead atoms. The van der Waals surface area contributed by atoms with Crippen molar-refractivity contribution in [3.63, 3.8) is 0 Å². The molecule has 0 aliphatic rings. The molecule has 0 amide bonds. The van der Waals surface area contributed by atoms with Gasteiger partial charge in [0.05, 0.1) is 16.7 Å². The molecule has 0 aliphatic heterocycles. The molecule has 0 aliphatic carbocycles. The molecule has 2 aromatic heterocycles. The predicted molar refractivity (Wildman–Crippen MR) is 74.8 cm³/mol. The summed E-state index contributed by atoms with van der Waals surface area (Å²) in [4.78, 5) is 12.0. The SMILES string of the molecule is Cn1nc(-c2cccc3c2n(C)c(=O)n3C)cc1N. The van der Waals surface area contributed by atoms with Crippen molar-refractivity contribution in [2.45, 2.75) is 0 Å². The number of para-hydroxylation sites is 1. The number of aryl methyl sites for hydroxylation is 3. The van der Waals surface area contributed by atoms with Crippen molar-refractivity contribution >= 4 is 16.9 Å². The zero-order valence-corrected chi connectivity index (χ0v) is 11.1. The van der Waals surface area contributed by atoms with E-state index in [4.69, 9.17) is 5.73 Å². The standard InChI is InChI=1S/C13H15N5O/c1-16-10-6-4-5-8(12(10)17(2)13(16)19)9-7-11(14)18(3)15-9/h4-7H,14H2,1-3H3. The molecule has 2 N–H and O–H groups in total. The Morgan fingerprint density at radius 3 is 2.53 bits per heavy atom. The van der Waals surface area contributed by atoms with Gasteiger partial charge in [0.2, 0.25) is 0 Å². The van der Waals surface area contributed by atoms with Gasteiger partial charge in [0.1, 0.15) is 5.82 Å². The molecule has 0 unspecified atom stereocenters. The van der Waals surface area contributed by atoms with E-state index in [-0.39, 0.29) is 5.69 Å². The Hall–Kier alpha value is -2.50. The van der Waals surface area contributed by atoms with Crippen LogP contribution in [0.3, 0.4) is 0 Å². The fourth-order valence-electron chi connectivity index (χ4n) is 2.40. The molecule has 0 atom stereocenters. The van der Waals surface area contributed by atoms with E-state index >= 15 is 0 Å². The van der Waals surface area contributed by atoms with E-state index in [9.17, 15) is 4.79 Å². The summed E-state index contributed by atoms with van der Waals surface area (Å²) in [5.74, 6) is 0.591. The van der Waals surface area contributed by atoms with Crippen LogP contribution in [0.5, 0.6) is 0 Å². The average molecular weight is 257 g/mol. The second-order valence-corrected chi connectivity index (χ2v) is 4.65. The maximum Gasteiger partial charge on any atom is 0.328 e. The molecule has 0 radical (unpaired) electrons. The minimum Gasteiger partial charge on any atom is -0.384 e. The monoisotopic (exact) mass is 257 g/mol. The molecular weight excluding hydrogens is 242 g/mol. The summed E-state index contributed by atoms with van der Waals surface area (Å²) in [5.41, 5.74) is 9.20. The van der Waals surface area contributed by atoms with Crippen LogP contribution in [0.2, 0.25) is 0 Å². The number of imidazole rings is 1. The molecule has 0 spiro atoms. The summed E-state index contributed by atoms with van der Waals surface area (Å²) in [7, 11) is 5.32. The van der Waals surface area contributed by atoms with Gasteiger partial charge in [-0.1, -0.05) is 12.1 Å². The Morgan fingerprint density at radius 2 is 1.89 bits per heavy atom. The number of hydrogen-bond acceptors (Lipinski definition) is 3. The number of nitrogen functional groups attached to an aromatic ring is 1. The van der Waals surface area contributed by atoms with Crippen LogP contribution in [0.25, 0.3) is 22.3 Å². The van der Waals surface area contributed by atoms with Gasteiger partial charge >= 0.3 is 5.69 Å². The summed E-state index contributed by atoms with van der Waals surface area (Å²) < 4.78 is 4.88. The molecule has 2 heterocycles. The highest BCUT2D eigenvalue weighted by Crippen LogP contribution is 2.27. The van der Waals surface area contributed by atoms with E-state index in [0.29, 0.717) is 5.82 Å². The first kappa shape index (κ1) is 11.6. The number of nitrogens with two attached hydrogens (primary N) is 1. The number of fused-ring (bicyclic) bond motifs is 1. The quantitative estimate of drug-likeness (QED) is 0.703. The Kier molecular flexibility index (Phi) is 2.28. The third kappa shape index (κ3) is 1.49. The molecule has 0 fully saturated rings. The first-order chi connectivity index (χ1) is 9.00. The van der Waals surface area contributed by atoms with Gasteiger partial charge in [-0.25, -0.2) is 4.79 Å².